The van der Waals surface area contributed by atoms with Crippen LogP contribution in [0.25, 0.3) is 11.1 Å². The zero-order valence-electron chi connectivity index (χ0n) is 11.7. The second kappa shape index (κ2) is 5.07. The molecule has 2 unspecified atom stereocenters. The maximum Gasteiger partial charge on any atom is 0.289 e. The van der Waals surface area contributed by atoms with E-state index in [1.165, 1.54) is 6.42 Å². The number of likely N-dealkylation sites (tertiary alicyclic amines) is 1. The maximum absolute atomic E-state index is 12.6. The molecule has 5 heteroatoms. The number of hydrogen-bond donors (Lipinski definition) is 1. The van der Waals surface area contributed by atoms with Crippen LogP contribution in [0.2, 0.25) is 0 Å². The second-order valence-corrected chi connectivity index (χ2v) is 6.05. The predicted octanol–water partition coefficient (Wildman–Crippen LogP) is 2.22. The zero-order valence-corrected chi connectivity index (χ0v) is 11.7. The summed E-state index contributed by atoms with van der Waals surface area (Å²) in [4.78, 5) is 14.5. The molecule has 2 aliphatic rings. The third kappa shape index (κ3) is 2.38. The Labute approximate surface area is 122 Å². The van der Waals surface area contributed by atoms with Gasteiger partial charge in [0.25, 0.3) is 5.91 Å². The van der Waals surface area contributed by atoms with Crippen molar-refractivity contribution in [2.75, 3.05) is 26.2 Å². The van der Waals surface area contributed by atoms with Crippen molar-refractivity contribution in [3.63, 3.8) is 0 Å². The van der Waals surface area contributed by atoms with Crippen molar-refractivity contribution < 1.29 is 13.6 Å². The average Bonchev–Trinajstić information content (AvgIpc) is 3.17. The van der Waals surface area contributed by atoms with Crippen LogP contribution >= 0.6 is 0 Å². The van der Waals surface area contributed by atoms with Gasteiger partial charge in [0.15, 0.2) is 5.76 Å². The Morgan fingerprint density at radius 3 is 2.71 bits per heavy atom. The molecule has 1 amide bonds. The van der Waals surface area contributed by atoms with E-state index in [1.807, 2.05) is 11.0 Å². The summed E-state index contributed by atoms with van der Waals surface area (Å²) >= 11 is 0. The van der Waals surface area contributed by atoms with Crippen LogP contribution in [0.5, 0.6) is 0 Å². The second-order valence-electron chi connectivity index (χ2n) is 6.05. The summed E-state index contributed by atoms with van der Waals surface area (Å²) in [5, 5.41) is 3.44. The molecule has 0 spiro atoms. The summed E-state index contributed by atoms with van der Waals surface area (Å²) in [5.74, 6) is 1.56. The van der Waals surface area contributed by atoms with Gasteiger partial charge in [-0.2, -0.15) is 0 Å². The van der Waals surface area contributed by atoms with Crippen LogP contribution in [0.3, 0.4) is 0 Å². The fourth-order valence-electron chi connectivity index (χ4n) is 3.46. The molecule has 2 fully saturated rings. The average molecular weight is 286 g/mol. The number of nitrogens with one attached hydrogen (secondary N) is 1. The molecule has 2 aromatic heterocycles. The van der Waals surface area contributed by atoms with Gasteiger partial charge in [0.05, 0.1) is 18.8 Å². The Bertz CT molecular complexity index is 620. The van der Waals surface area contributed by atoms with E-state index in [4.69, 9.17) is 8.83 Å². The predicted molar refractivity (Wildman–Crippen MR) is 76.8 cm³/mol. The van der Waals surface area contributed by atoms with Crippen molar-refractivity contribution in [2.45, 2.75) is 6.42 Å². The molecule has 2 saturated heterocycles. The Hall–Kier alpha value is -2.01. The molecule has 0 aliphatic carbocycles. The van der Waals surface area contributed by atoms with Crippen LogP contribution in [-0.2, 0) is 0 Å². The topological polar surface area (TPSA) is 58.6 Å². The van der Waals surface area contributed by atoms with E-state index in [-0.39, 0.29) is 5.91 Å². The Kier molecular flexibility index (Phi) is 3.07. The van der Waals surface area contributed by atoms with Crippen LogP contribution < -0.4 is 5.32 Å². The first-order valence-corrected chi connectivity index (χ1v) is 7.40. The van der Waals surface area contributed by atoms with Crippen molar-refractivity contribution in [1.29, 1.82) is 0 Å². The molecular weight excluding hydrogens is 268 g/mol. The monoisotopic (exact) mass is 286 g/mol. The van der Waals surface area contributed by atoms with E-state index in [1.54, 1.807) is 24.9 Å². The van der Waals surface area contributed by atoms with Gasteiger partial charge in [-0.25, -0.2) is 0 Å². The summed E-state index contributed by atoms with van der Waals surface area (Å²) in [6, 6.07) is 3.66. The van der Waals surface area contributed by atoms with Crippen LogP contribution in [0.4, 0.5) is 0 Å². The van der Waals surface area contributed by atoms with Crippen LogP contribution in [0.15, 0.2) is 39.8 Å². The lowest BCUT2D eigenvalue weighted by Crippen LogP contribution is -2.52. The number of carbonyl (C=O) groups excluding carboxylic acids is 1. The smallest absolute Gasteiger partial charge is 0.289 e. The third-order valence-electron chi connectivity index (χ3n) is 4.44. The summed E-state index contributed by atoms with van der Waals surface area (Å²) < 4.78 is 10.5. The molecular formula is C16H18N2O3. The minimum atomic E-state index is 0.00125. The Balaban J connectivity index is 1.52. The summed E-state index contributed by atoms with van der Waals surface area (Å²) in [7, 11) is 0. The highest BCUT2D eigenvalue weighted by Gasteiger charge is 2.33. The summed E-state index contributed by atoms with van der Waals surface area (Å²) in [5.41, 5.74) is 1.81. The first-order valence-electron chi connectivity index (χ1n) is 7.40. The molecule has 2 bridgehead atoms. The number of nitrogens with zero attached hydrogens (tertiary/aromatic N) is 1. The molecule has 21 heavy (non-hydrogen) atoms. The van der Waals surface area contributed by atoms with Crippen LogP contribution in [0, 0.1) is 11.8 Å². The molecule has 0 aromatic carbocycles. The number of carbonyl (C=O) groups is 1. The fourth-order valence-corrected chi connectivity index (χ4v) is 3.46. The van der Waals surface area contributed by atoms with Gasteiger partial charge in [-0.3, -0.25) is 4.79 Å². The van der Waals surface area contributed by atoms with Gasteiger partial charge >= 0.3 is 0 Å². The molecule has 1 N–H and O–H groups in total. The normalized spacial score (nSPS) is 25.0. The number of fused-ring (bicyclic) bond motifs is 2. The van der Waals surface area contributed by atoms with E-state index < -0.39 is 0 Å². The zero-order chi connectivity index (χ0) is 14.2. The molecule has 2 aromatic rings. The lowest BCUT2D eigenvalue weighted by molar-refractivity contribution is 0.0508. The van der Waals surface area contributed by atoms with Gasteiger partial charge in [-0.05, 0) is 43.5 Å². The quantitative estimate of drug-likeness (QED) is 0.919. The summed E-state index contributed by atoms with van der Waals surface area (Å²) in [6.45, 7) is 3.67. The first-order chi connectivity index (χ1) is 10.3. The van der Waals surface area contributed by atoms with Gasteiger partial charge in [0, 0.05) is 24.2 Å². The van der Waals surface area contributed by atoms with Gasteiger partial charge in [-0.1, -0.05) is 0 Å². The van der Waals surface area contributed by atoms with Crippen molar-refractivity contribution in [3.8, 4) is 11.1 Å². The maximum atomic E-state index is 12.6. The van der Waals surface area contributed by atoms with Gasteiger partial charge in [-0.15, -0.1) is 0 Å². The molecule has 2 aliphatic heterocycles. The van der Waals surface area contributed by atoms with E-state index in [0.29, 0.717) is 17.6 Å². The van der Waals surface area contributed by atoms with Crippen molar-refractivity contribution in [1.82, 2.24) is 10.2 Å². The molecule has 0 saturated carbocycles. The summed E-state index contributed by atoms with van der Waals surface area (Å²) in [6.07, 6.45) is 6.11. The van der Waals surface area contributed by atoms with E-state index in [9.17, 15) is 4.79 Å². The Morgan fingerprint density at radius 1 is 1.19 bits per heavy atom. The van der Waals surface area contributed by atoms with Gasteiger partial charge in [0.2, 0.25) is 0 Å². The number of rotatable bonds is 2. The van der Waals surface area contributed by atoms with E-state index in [0.717, 1.165) is 37.3 Å². The lowest BCUT2D eigenvalue weighted by atomic mass is 9.86. The van der Waals surface area contributed by atoms with Crippen LogP contribution in [-0.4, -0.2) is 37.0 Å². The fraction of sp³-hybridized carbons (Fsp3) is 0.438. The van der Waals surface area contributed by atoms with Crippen molar-refractivity contribution in [3.05, 3.63) is 36.7 Å². The first kappa shape index (κ1) is 12.7. The number of hydrogen-bond acceptors (Lipinski definition) is 4. The number of amides is 1. The lowest BCUT2D eigenvalue weighted by Gasteiger charge is -2.41. The SMILES string of the molecule is O=C(c1cc(-c2ccoc2)co1)N1CC2CNCC(C2)C1. The van der Waals surface area contributed by atoms with Gasteiger partial charge < -0.3 is 19.1 Å². The van der Waals surface area contributed by atoms with E-state index >= 15 is 0 Å². The third-order valence-corrected chi connectivity index (χ3v) is 4.44. The standard InChI is InChI=1S/C16H18N2O3/c19-16(18-7-11-3-12(8-18)6-17-5-11)15-4-14(10-21-15)13-1-2-20-9-13/h1-2,4,9-12,17H,3,5-8H2. The van der Waals surface area contributed by atoms with Crippen molar-refractivity contribution in [2.24, 2.45) is 11.8 Å². The molecule has 2 atom stereocenters. The minimum Gasteiger partial charge on any atom is -0.472 e. The van der Waals surface area contributed by atoms with Crippen molar-refractivity contribution >= 4 is 5.91 Å². The van der Waals surface area contributed by atoms with Crippen LogP contribution in [0.1, 0.15) is 17.0 Å². The molecule has 4 heterocycles. The molecule has 5 nitrogen and oxygen atoms in total. The van der Waals surface area contributed by atoms with E-state index in [2.05, 4.69) is 5.32 Å². The molecule has 0 radical (unpaired) electrons. The Morgan fingerprint density at radius 2 is 2.00 bits per heavy atom. The molecule has 4 rings (SSSR count). The largest absolute Gasteiger partial charge is 0.472 e. The highest BCUT2D eigenvalue weighted by molar-refractivity contribution is 5.93. The van der Waals surface area contributed by atoms with Gasteiger partial charge in [0.1, 0.15) is 0 Å². The number of piperidine rings is 2. The highest BCUT2D eigenvalue weighted by Crippen LogP contribution is 2.27. The minimum absolute atomic E-state index is 0.00125. The number of furan rings is 2. The molecule has 110 valence electrons. The highest BCUT2D eigenvalue weighted by atomic mass is 16.3.